The molecule has 4 fully saturated rings. The molecule has 8 nitrogen and oxygen atoms in total. The molecule has 5 aliphatic carbocycles. The van der Waals surface area contributed by atoms with Crippen LogP contribution in [0.1, 0.15) is 132 Å². The monoisotopic (exact) mass is 1310 g/mol. The van der Waals surface area contributed by atoms with Crippen LogP contribution in [0.4, 0.5) is 11.4 Å². The SMILES string of the molecule is O=C(Nc1c(-c2cc(O)ccc2C2(c3ccc(O)cc3-c3ccc(O)c(C#Cc4ccccc4)c3NC(=O)c3cccc(C#Cc4ccccc4)c3)c3ccccc3-c3ccc(C45CC6CC(CC(C6)C4)C5)cc32)ccc(O)c1C#Cc1ccccc1)c1cccc(C#Cc2ccccc2)c1. The van der Waals surface area contributed by atoms with Gasteiger partial charge in [0.1, 0.15) is 23.0 Å². The number of benzene rings is 12. The predicted molar refractivity (Wildman–Crippen MR) is 400 cm³/mol. The maximum atomic E-state index is 15.4. The molecule has 0 saturated heterocycles. The molecule has 12 aromatic carbocycles. The van der Waals surface area contributed by atoms with E-state index in [9.17, 15) is 20.4 Å². The molecular weight excluding hydrogens is 1240 g/mol. The molecule has 0 radical (unpaired) electrons. The Bertz CT molecular complexity index is 5270. The predicted octanol–water partition coefficient (Wildman–Crippen LogP) is 18.8. The van der Waals surface area contributed by atoms with Crippen LogP contribution in [0, 0.1) is 65.1 Å². The van der Waals surface area contributed by atoms with Gasteiger partial charge in [0.05, 0.1) is 27.9 Å². The van der Waals surface area contributed by atoms with E-state index >= 15 is 9.59 Å². The zero-order chi connectivity index (χ0) is 68.6. The Morgan fingerprint density at radius 1 is 0.317 bits per heavy atom. The number of amides is 2. The summed E-state index contributed by atoms with van der Waals surface area (Å²) < 4.78 is 0. The number of fused-ring (bicyclic) bond motifs is 3. The summed E-state index contributed by atoms with van der Waals surface area (Å²) >= 11 is 0. The highest BCUT2D eigenvalue weighted by atomic mass is 16.3. The van der Waals surface area contributed by atoms with Crippen molar-refractivity contribution >= 4 is 23.2 Å². The first-order valence-corrected chi connectivity index (χ1v) is 34.2. The highest BCUT2D eigenvalue weighted by Crippen LogP contribution is 2.65. The lowest BCUT2D eigenvalue weighted by Gasteiger charge is -2.57. The fourth-order valence-electron chi connectivity index (χ4n) is 16.6. The van der Waals surface area contributed by atoms with E-state index in [1.807, 2.05) is 158 Å². The molecule has 0 unspecified atom stereocenters. The molecule has 4 bridgehead atoms. The molecule has 0 heterocycles. The van der Waals surface area contributed by atoms with Crippen LogP contribution in [0.25, 0.3) is 33.4 Å². The Morgan fingerprint density at radius 2 is 0.683 bits per heavy atom. The topological polar surface area (TPSA) is 139 Å². The summed E-state index contributed by atoms with van der Waals surface area (Å²) in [7, 11) is 0. The fourth-order valence-corrected chi connectivity index (χ4v) is 16.6. The number of phenolic OH excluding ortho intramolecular Hbond substituents is 4. The molecule has 12 aromatic rings. The summed E-state index contributed by atoms with van der Waals surface area (Å²) in [5, 5.41) is 55.7. The minimum Gasteiger partial charge on any atom is -0.508 e. The third kappa shape index (κ3) is 12.1. The second kappa shape index (κ2) is 26.5. The maximum absolute atomic E-state index is 15.4. The van der Waals surface area contributed by atoms with Crippen molar-refractivity contribution in [1.82, 2.24) is 0 Å². The van der Waals surface area contributed by atoms with E-state index in [0.29, 0.717) is 84.5 Å². The van der Waals surface area contributed by atoms with Crippen molar-refractivity contribution in [3.63, 3.8) is 0 Å². The molecular formula is C93H66N2O6. The lowest BCUT2D eigenvalue weighted by molar-refractivity contribution is -0.00522. The van der Waals surface area contributed by atoms with Crippen LogP contribution in [0.3, 0.4) is 0 Å². The molecule has 5 aliphatic rings. The summed E-state index contributed by atoms with van der Waals surface area (Å²) in [6.45, 7) is 0. The van der Waals surface area contributed by atoms with Crippen LogP contribution >= 0.6 is 0 Å². The summed E-state index contributed by atoms with van der Waals surface area (Å²) in [5.74, 6) is 26.3. The van der Waals surface area contributed by atoms with Gasteiger partial charge in [0.2, 0.25) is 0 Å². The van der Waals surface area contributed by atoms with Gasteiger partial charge < -0.3 is 31.1 Å². The van der Waals surface area contributed by atoms with Crippen molar-refractivity contribution in [2.45, 2.75) is 49.4 Å². The number of hydrogen-bond acceptors (Lipinski definition) is 6. The van der Waals surface area contributed by atoms with Gasteiger partial charge in [-0.25, -0.2) is 0 Å². The fraction of sp³-hybridized carbons (Fsp3) is 0.118. The van der Waals surface area contributed by atoms with Crippen molar-refractivity contribution in [2.24, 2.45) is 17.8 Å². The minimum atomic E-state index is -1.40. The van der Waals surface area contributed by atoms with Gasteiger partial charge in [-0.2, -0.15) is 0 Å². The average Bonchev–Trinajstić information content (AvgIpc) is 1.56. The summed E-state index contributed by atoms with van der Waals surface area (Å²) in [4.78, 5) is 30.7. The molecule has 2 amide bonds. The first-order chi connectivity index (χ1) is 49.4. The van der Waals surface area contributed by atoms with E-state index < -0.39 is 17.2 Å². The number of carbonyl (C=O) groups excluding carboxylic acids is 2. The zero-order valence-electron chi connectivity index (χ0n) is 55.1. The molecule has 0 aromatic heterocycles. The minimum absolute atomic E-state index is 0.0779. The largest absolute Gasteiger partial charge is 0.508 e. The second-order valence-corrected chi connectivity index (χ2v) is 27.0. The van der Waals surface area contributed by atoms with Gasteiger partial charge >= 0.3 is 0 Å². The van der Waals surface area contributed by atoms with Gasteiger partial charge in [-0.1, -0.05) is 187 Å². The van der Waals surface area contributed by atoms with E-state index in [1.54, 1.807) is 84.9 Å². The molecule has 0 aliphatic heterocycles. The molecule has 6 N–H and O–H groups in total. The first-order valence-electron chi connectivity index (χ1n) is 34.2. The molecule has 8 heteroatoms. The van der Waals surface area contributed by atoms with Crippen molar-refractivity contribution in [3.8, 4) is 104 Å². The highest BCUT2D eigenvalue weighted by molar-refractivity contribution is 6.10. The van der Waals surface area contributed by atoms with Gasteiger partial charge in [-0.15, -0.1) is 0 Å². The van der Waals surface area contributed by atoms with E-state index in [-0.39, 0.29) is 50.9 Å². The van der Waals surface area contributed by atoms with Crippen molar-refractivity contribution in [2.75, 3.05) is 10.6 Å². The Labute approximate surface area is 587 Å². The lowest BCUT2D eigenvalue weighted by atomic mass is 9.48. The maximum Gasteiger partial charge on any atom is 0.255 e. The molecule has 4 saturated carbocycles. The van der Waals surface area contributed by atoms with Crippen LogP contribution in [-0.4, -0.2) is 32.2 Å². The van der Waals surface area contributed by atoms with Crippen LogP contribution in [-0.2, 0) is 10.8 Å². The summed E-state index contributed by atoms with van der Waals surface area (Å²) in [5.41, 5.74) is 12.1. The summed E-state index contributed by atoms with van der Waals surface area (Å²) in [6.07, 6.45) is 7.02. The third-order valence-corrected chi connectivity index (χ3v) is 20.6. The van der Waals surface area contributed by atoms with Crippen LogP contribution in [0.15, 0.2) is 273 Å². The van der Waals surface area contributed by atoms with Gasteiger partial charge in [0.15, 0.2) is 0 Å². The molecule has 484 valence electrons. The molecule has 17 rings (SSSR count). The number of anilines is 2. The van der Waals surface area contributed by atoms with Gasteiger partial charge in [0.25, 0.3) is 11.8 Å². The number of hydrogen-bond donors (Lipinski definition) is 6. The van der Waals surface area contributed by atoms with E-state index in [0.717, 1.165) is 52.6 Å². The summed E-state index contributed by atoms with van der Waals surface area (Å²) in [6, 6.07) is 85.0. The Morgan fingerprint density at radius 3 is 1.13 bits per heavy atom. The first kappa shape index (κ1) is 62.8. The quantitative estimate of drug-likeness (QED) is 0.0796. The standard InChI is InChI=1S/C93H66N2O6/c96-72-38-45-83(80(55-72)76-43-47-86(98)78(40-35-62-21-9-3-10-22-62)88(76)94-90(100)69-27-15-25-64(52-69)33-31-60-17-5-1-6-18-60)93(82-30-14-13-29-74(82)75-42-37-71(54-85(75)93)92-57-66-49-67(58-92)51-68(50-66)59-92)84-46-39-73(97)56-81(84)77-44-48-87(99)79(41-36-63-23-11-4-12-24-63)89(77)95-91(101)70-28-16-26-65(53-70)34-32-61-19-7-2-8-20-61/h1-30,37-39,42-48,52-56,66-68,96-99H,49-51,57-59H2,(H,94,100)(H,95,101). The Hall–Kier alpha value is -13.0. The Balaban J connectivity index is 0.954. The molecule has 0 atom stereocenters. The van der Waals surface area contributed by atoms with E-state index in [4.69, 9.17) is 0 Å². The van der Waals surface area contributed by atoms with Crippen LogP contribution < -0.4 is 10.6 Å². The number of carbonyl (C=O) groups is 2. The normalized spacial score (nSPS) is 16.8. The second-order valence-electron chi connectivity index (χ2n) is 27.0. The molecule has 0 spiro atoms. The van der Waals surface area contributed by atoms with Gasteiger partial charge in [-0.3, -0.25) is 9.59 Å². The van der Waals surface area contributed by atoms with Crippen LogP contribution in [0.2, 0.25) is 0 Å². The average molecular weight is 1310 g/mol. The molecule has 101 heavy (non-hydrogen) atoms. The third-order valence-electron chi connectivity index (χ3n) is 20.6. The lowest BCUT2D eigenvalue weighted by Crippen LogP contribution is -2.48. The highest BCUT2D eigenvalue weighted by Gasteiger charge is 2.54. The number of phenols is 4. The number of aromatic hydroxyl groups is 4. The Kier molecular flexibility index (Phi) is 16.4. The van der Waals surface area contributed by atoms with Crippen molar-refractivity contribution in [1.29, 1.82) is 0 Å². The van der Waals surface area contributed by atoms with E-state index in [1.165, 1.54) is 24.8 Å². The van der Waals surface area contributed by atoms with Crippen LogP contribution in [0.5, 0.6) is 23.0 Å². The van der Waals surface area contributed by atoms with E-state index in [2.05, 4.69) is 88.3 Å². The zero-order valence-corrected chi connectivity index (χ0v) is 55.1. The smallest absolute Gasteiger partial charge is 0.255 e. The number of nitrogens with one attached hydrogen (secondary N) is 2. The van der Waals surface area contributed by atoms with Crippen molar-refractivity contribution in [3.05, 3.63) is 356 Å². The van der Waals surface area contributed by atoms with Gasteiger partial charge in [0, 0.05) is 55.6 Å². The number of rotatable bonds is 9. The van der Waals surface area contributed by atoms with Crippen molar-refractivity contribution < 1.29 is 30.0 Å². The van der Waals surface area contributed by atoms with Gasteiger partial charge in [-0.05, 0) is 245 Å².